The summed E-state index contributed by atoms with van der Waals surface area (Å²) < 4.78 is 1.82. The summed E-state index contributed by atoms with van der Waals surface area (Å²) in [7, 11) is 0. The van der Waals surface area contributed by atoms with Gasteiger partial charge in [0, 0.05) is 24.4 Å². The van der Waals surface area contributed by atoms with Crippen molar-refractivity contribution >= 4 is 5.91 Å². The van der Waals surface area contributed by atoms with Crippen LogP contribution in [-0.4, -0.2) is 21.7 Å². The third-order valence-corrected chi connectivity index (χ3v) is 2.47. The van der Waals surface area contributed by atoms with E-state index < -0.39 is 0 Å². The fourth-order valence-electron chi connectivity index (χ4n) is 1.31. The maximum atomic E-state index is 11.6. The molecule has 0 saturated carbocycles. The fourth-order valence-corrected chi connectivity index (χ4v) is 1.31. The summed E-state index contributed by atoms with van der Waals surface area (Å²) in [6, 6.07) is 2.00. The predicted molar refractivity (Wildman–Crippen MR) is 59.3 cm³/mol. The number of carbonyl (C=O) groups is 1. The van der Waals surface area contributed by atoms with Gasteiger partial charge in [0.2, 0.25) is 5.91 Å². The highest BCUT2D eigenvalue weighted by molar-refractivity contribution is 5.78. The van der Waals surface area contributed by atoms with Crippen LogP contribution in [0.5, 0.6) is 0 Å². The van der Waals surface area contributed by atoms with E-state index in [1.165, 1.54) is 0 Å². The summed E-state index contributed by atoms with van der Waals surface area (Å²) in [5, 5.41) is 7.06. The van der Waals surface area contributed by atoms with E-state index in [0.29, 0.717) is 0 Å². The van der Waals surface area contributed by atoms with E-state index in [4.69, 9.17) is 0 Å². The lowest BCUT2D eigenvalue weighted by molar-refractivity contribution is -0.125. The first-order chi connectivity index (χ1) is 7.13. The van der Waals surface area contributed by atoms with Crippen LogP contribution in [0.1, 0.15) is 27.2 Å². The molecule has 0 radical (unpaired) electrons. The summed E-state index contributed by atoms with van der Waals surface area (Å²) in [5.74, 6) is 0.210. The van der Waals surface area contributed by atoms with Crippen molar-refractivity contribution in [2.75, 3.05) is 0 Å². The van der Waals surface area contributed by atoms with Crippen LogP contribution in [0.2, 0.25) is 0 Å². The lowest BCUT2D eigenvalue weighted by Gasteiger charge is -2.16. The average Bonchev–Trinajstić information content (AvgIpc) is 2.68. The van der Waals surface area contributed by atoms with Crippen molar-refractivity contribution in [3.05, 3.63) is 18.5 Å². The van der Waals surface area contributed by atoms with Crippen LogP contribution >= 0.6 is 0 Å². The van der Waals surface area contributed by atoms with Crippen molar-refractivity contribution < 1.29 is 4.79 Å². The number of nitrogens with one attached hydrogen (secondary N) is 1. The van der Waals surface area contributed by atoms with Gasteiger partial charge in [-0.25, -0.2) is 0 Å². The molecular formula is C11H19N3O. The molecule has 0 fully saturated rings. The Kier molecular flexibility index (Phi) is 4.34. The Bertz CT molecular complexity index is 295. The van der Waals surface area contributed by atoms with Crippen molar-refractivity contribution in [3.8, 4) is 0 Å². The normalized spacial score (nSPS) is 14.6. The topological polar surface area (TPSA) is 46.9 Å². The number of hydrogen-bond donors (Lipinski definition) is 1. The molecule has 2 atom stereocenters. The predicted octanol–water partition coefficient (Wildman–Crippen LogP) is 1.43. The first-order valence-corrected chi connectivity index (χ1v) is 5.41. The van der Waals surface area contributed by atoms with Gasteiger partial charge >= 0.3 is 0 Å². The Morgan fingerprint density at radius 2 is 2.27 bits per heavy atom. The summed E-state index contributed by atoms with van der Waals surface area (Å²) >= 11 is 0. The monoisotopic (exact) mass is 209 g/mol. The number of rotatable bonds is 5. The third-order valence-electron chi connectivity index (χ3n) is 2.47. The first kappa shape index (κ1) is 11.8. The fraction of sp³-hybridized carbons (Fsp3) is 0.636. The lowest BCUT2D eigenvalue weighted by atomic mass is 10.1. The minimum atomic E-state index is 0.0880. The molecule has 0 spiro atoms. The van der Waals surface area contributed by atoms with Gasteiger partial charge in [-0.15, -0.1) is 0 Å². The number of nitrogens with zero attached hydrogens (tertiary/aromatic N) is 2. The van der Waals surface area contributed by atoms with Gasteiger partial charge in [-0.2, -0.15) is 5.10 Å². The highest BCUT2D eigenvalue weighted by Crippen LogP contribution is 2.01. The standard InChI is InChI=1S/C11H19N3O/c1-4-9(2)11(15)13-10(3)8-14-7-5-6-12-14/h5-7,9-10H,4,8H2,1-3H3,(H,13,15)/t9-,10+/m0/s1. The zero-order chi connectivity index (χ0) is 11.3. The van der Waals surface area contributed by atoms with Crippen LogP contribution in [0.25, 0.3) is 0 Å². The van der Waals surface area contributed by atoms with Crippen LogP contribution in [-0.2, 0) is 11.3 Å². The molecular weight excluding hydrogens is 190 g/mol. The van der Waals surface area contributed by atoms with E-state index in [1.54, 1.807) is 6.20 Å². The van der Waals surface area contributed by atoms with Gasteiger partial charge in [0.1, 0.15) is 0 Å². The van der Waals surface area contributed by atoms with E-state index in [1.807, 2.05) is 37.7 Å². The molecule has 0 aromatic carbocycles. The molecule has 0 unspecified atom stereocenters. The van der Waals surface area contributed by atoms with Crippen LogP contribution < -0.4 is 5.32 Å². The van der Waals surface area contributed by atoms with E-state index in [9.17, 15) is 4.79 Å². The molecule has 1 aromatic heterocycles. The Morgan fingerprint density at radius 3 is 2.80 bits per heavy atom. The number of carbonyl (C=O) groups excluding carboxylic acids is 1. The van der Waals surface area contributed by atoms with Crippen molar-refractivity contribution in [1.82, 2.24) is 15.1 Å². The van der Waals surface area contributed by atoms with Crippen LogP contribution in [0, 0.1) is 5.92 Å². The van der Waals surface area contributed by atoms with E-state index in [2.05, 4.69) is 10.4 Å². The van der Waals surface area contributed by atoms with Crippen LogP contribution in [0.3, 0.4) is 0 Å². The molecule has 1 aromatic rings. The molecule has 0 aliphatic rings. The Balaban J connectivity index is 2.36. The SMILES string of the molecule is CC[C@H](C)C(=O)N[C@H](C)Cn1cccn1. The minimum Gasteiger partial charge on any atom is -0.352 e. The maximum Gasteiger partial charge on any atom is 0.223 e. The summed E-state index contributed by atoms with van der Waals surface area (Å²) in [6.07, 6.45) is 4.51. The minimum absolute atomic E-state index is 0.0880. The molecule has 0 aliphatic carbocycles. The summed E-state index contributed by atoms with van der Waals surface area (Å²) in [5.41, 5.74) is 0. The summed E-state index contributed by atoms with van der Waals surface area (Å²) in [6.45, 7) is 6.66. The second kappa shape index (κ2) is 5.53. The smallest absolute Gasteiger partial charge is 0.223 e. The molecule has 4 nitrogen and oxygen atoms in total. The van der Waals surface area contributed by atoms with Gasteiger partial charge in [0.15, 0.2) is 0 Å². The Hall–Kier alpha value is -1.32. The molecule has 1 heterocycles. The van der Waals surface area contributed by atoms with Crippen molar-refractivity contribution in [2.24, 2.45) is 5.92 Å². The highest BCUT2D eigenvalue weighted by atomic mass is 16.1. The van der Waals surface area contributed by atoms with Crippen molar-refractivity contribution in [1.29, 1.82) is 0 Å². The number of aromatic nitrogens is 2. The van der Waals surface area contributed by atoms with Gasteiger partial charge in [0.25, 0.3) is 0 Å². The van der Waals surface area contributed by atoms with Gasteiger partial charge in [0.05, 0.1) is 6.54 Å². The zero-order valence-electron chi connectivity index (χ0n) is 9.60. The second-order valence-electron chi connectivity index (χ2n) is 3.95. The maximum absolute atomic E-state index is 11.6. The highest BCUT2D eigenvalue weighted by Gasteiger charge is 2.13. The Labute approximate surface area is 90.7 Å². The average molecular weight is 209 g/mol. The summed E-state index contributed by atoms with van der Waals surface area (Å²) in [4.78, 5) is 11.6. The van der Waals surface area contributed by atoms with Crippen molar-refractivity contribution in [3.63, 3.8) is 0 Å². The van der Waals surface area contributed by atoms with Gasteiger partial charge in [-0.05, 0) is 19.4 Å². The first-order valence-electron chi connectivity index (χ1n) is 5.41. The molecule has 1 amide bonds. The van der Waals surface area contributed by atoms with Gasteiger partial charge in [-0.1, -0.05) is 13.8 Å². The molecule has 0 bridgehead atoms. The zero-order valence-corrected chi connectivity index (χ0v) is 9.60. The molecule has 15 heavy (non-hydrogen) atoms. The van der Waals surface area contributed by atoms with E-state index in [-0.39, 0.29) is 17.9 Å². The lowest BCUT2D eigenvalue weighted by Crippen LogP contribution is -2.38. The van der Waals surface area contributed by atoms with Crippen LogP contribution in [0.4, 0.5) is 0 Å². The molecule has 4 heteroatoms. The molecule has 0 saturated heterocycles. The third kappa shape index (κ3) is 3.73. The second-order valence-corrected chi connectivity index (χ2v) is 3.95. The largest absolute Gasteiger partial charge is 0.352 e. The van der Waals surface area contributed by atoms with E-state index in [0.717, 1.165) is 13.0 Å². The van der Waals surface area contributed by atoms with Gasteiger partial charge in [-0.3, -0.25) is 9.48 Å². The molecule has 84 valence electrons. The quantitative estimate of drug-likeness (QED) is 0.797. The molecule has 1 N–H and O–H groups in total. The molecule has 0 aliphatic heterocycles. The van der Waals surface area contributed by atoms with Crippen molar-refractivity contribution in [2.45, 2.75) is 39.8 Å². The van der Waals surface area contributed by atoms with E-state index >= 15 is 0 Å². The number of amides is 1. The molecule has 1 rings (SSSR count). The number of hydrogen-bond acceptors (Lipinski definition) is 2. The van der Waals surface area contributed by atoms with Gasteiger partial charge < -0.3 is 5.32 Å². The van der Waals surface area contributed by atoms with Crippen LogP contribution in [0.15, 0.2) is 18.5 Å². The Morgan fingerprint density at radius 1 is 1.53 bits per heavy atom.